The molecule has 3 aromatic rings. The topological polar surface area (TPSA) is 58.6 Å². The van der Waals surface area contributed by atoms with Gasteiger partial charge in [0.25, 0.3) is 5.91 Å². The summed E-state index contributed by atoms with van der Waals surface area (Å²) in [5.74, 6) is 0.515. The molecular formula is C31H37ClN2O3. The van der Waals surface area contributed by atoms with Gasteiger partial charge in [-0.15, -0.1) is 0 Å². The van der Waals surface area contributed by atoms with Crippen molar-refractivity contribution in [3.63, 3.8) is 0 Å². The Morgan fingerprint density at radius 1 is 0.946 bits per heavy atom. The smallest absolute Gasteiger partial charge is 0.261 e. The molecule has 37 heavy (non-hydrogen) atoms. The lowest BCUT2D eigenvalue weighted by atomic mass is 10.0. The Hall–Kier alpha value is -3.31. The molecule has 0 saturated carbocycles. The maximum absolute atomic E-state index is 13.7. The molecule has 0 aromatic heterocycles. The fourth-order valence-electron chi connectivity index (χ4n) is 4.18. The lowest BCUT2D eigenvalue weighted by Gasteiger charge is -2.32. The molecule has 2 amide bonds. The van der Waals surface area contributed by atoms with E-state index in [-0.39, 0.29) is 30.9 Å². The van der Waals surface area contributed by atoms with E-state index in [9.17, 15) is 9.59 Å². The third-order valence-electron chi connectivity index (χ3n) is 6.31. The van der Waals surface area contributed by atoms with E-state index in [1.807, 2.05) is 89.2 Å². The molecule has 0 bridgehead atoms. The summed E-state index contributed by atoms with van der Waals surface area (Å²) in [5.41, 5.74) is 4.99. The molecule has 0 aliphatic rings. The van der Waals surface area contributed by atoms with Crippen molar-refractivity contribution >= 4 is 23.4 Å². The van der Waals surface area contributed by atoms with E-state index >= 15 is 0 Å². The number of carbonyl (C=O) groups excluding carboxylic acids is 2. The summed E-state index contributed by atoms with van der Waals surface area (Å²) >= 11 is 6.25. The number of benzene rings is 3. The predicted molar refractivity (Wildman–Crippen MR) is 150 cm³/mol. The number of halogens is 1. The highest BCUT2D eigenvalue weighted by atomic mass is 35.5. The average Bonchev–Trinajstić information content (AvgIpc) is 2.86. The van der Waals surface area contributed by atoms with E-state index in [0.29, 0.717) is 23.7 Å². The maximum atomic E-state index is 13.7. The molecule has 1 atom stereocenters. The zero-order chi connectivity index (χ0) is 26.9. The van der Waals surface area contributed by atoms with Crippen molar-refractivity contribution in [1.29, 1.82) is 0 Å². The number of carbonyl (C=O) groups is 2. The van der Waals surface area contributed by atoms with Crippen molar-refractivity contribution in [2.24, 2.45) is 5.92 Å². The number of aryl methyl sites for hydroxylation is 2. The Kier molecular flexibility index (Phi) is 10.2. The highest BCUT2D eigenvalue weighted by Gasteiger charge is 2.31. The van der Waals surface area contributed by atoms with Gasteiger partial charge in [0.2, 0.25) is 5.91 Å². The summed E-state index contributed by atoms with van der Waals surface area (Å²) in [6.07, 6.45) is 0.389. The van der Waals surface area contributed by atoms with Crippen molar-refractivity contribution in [3.05, 3.63) is 99.6 Å². The van der Waals surface area contributed by atoms with E-state index in [0.717, 1.165) is 27.8 Å². The Bertz CT molecular complexity index is 1210. The van der Waals surface area contributed by atoms with Crippen LogP contribution >= 0.6 is 11.6 Å². The van der Waals surface area contributed by atoms with Gasteiger partial charge in [0.1, 0.15) is 11.8 Å². The zero-order valence-electron chi connectivity index (χ0n) is 22.4. The van der Waals surface area contributed by atoms with Crippen LogP contribution < -0.4 is 10.1 Å². The monoisotopic (exact) mass is 520 g/mol. The molecule has 196 valence electrons. The van der Waals surface area contributed by atoms with E-state index < -0.39 is 6.04 Å². The van der Waals surface area contributed by atoms with E-state index in [1.54, 1.807) is 11.0 Å². The van der Waals surface area contributed by atoms with Gasteiger partial charge in [0, 0.05) is 24.5 Å². The Labute approximate surface area is 225 Å². The van der Waals surface area contributed by atoms with Crippen molar-refractivity contribution in [2.75, 3.05) is 13.2 Å². The van der Waals surface area contributed by atoms with E-state index in [1.165, 1.54) is 0 Å². The maximum Gasteiger partial charge on any atom is 0.261 e. The number of rotatable bonds is 11. The summed E-state index contributed by atoms with van der Waals surface area (Å²) in [6, 6.07) is 20.4. The van der Waals surface area contributed by atoms with Crippen LogP contribution in [0, 0.1) is 26.7 Å². The molecule has 0 radical (unpaired) electrons. The second kappa shape index (κ2) is 13.3. The number of nitrogens with one attached hydrogen (secondary N) is 1. The first-order chi connectivity index (χ1) is 17.6. The summed E-state index contributed by atoms with van der Waals surface area (Å²) < 4.78 is 6.03. The van der Waals surface area contributed by atoms with Gasteiger partial charge in [-0.3, -0.25) is 9.59 Å². The number of ether oxygens (including phenoxy) is 1. The summed E-state index contributed by atoms with van der Waals surface area (Å²) in [6.45, 7) is 10.7. The van der Waals surface area contributed by atoms with Gasteiger partial charge in [-0.1, -0.05) is 74.0 Å². The molecule has 0 unspecified atom stereocenters. The van der Waals surface area contributed by atoms with Crippen LogP contribution in [-0.4, -0.2) is 35.9 Å². The van der Waals surface area contributed by atoms with E-state index in [2.05, 4.69) is 11.4 Å². The molecule has 3 rings (SSSR count). The average molecular weight is 521 g/mol. The molecule has 5 nitrogen and oxygen atoms in total. The molecule has 0 aliphatic carbocycles. The number of nitrogens with zero attached hydrogens (tertiary/aromatic N) is 1. The van der Waals surface area contributed by atoms with Crippen LogP contribution in [0.1, 0.15) is 41.7 Å². The second-order valence-electron chi connectivity index (χ2n) is 9.99. The Balaban J connectivity index is 1.93. The minimum Gasteiger partial charge on any atom is -0.483 e. The van der Waals surface area contributed by atoms with Crippen LogP contribution in [0.4, 0.5) is 0 Å². The van der Waals surface area contributed by atoms with Gasteiger partial charge >= 0.3 is 0 Å². The summed E-state index contributed by atoms with van der Waals surface area (Å²) in [5, 5.41) is 3.61. The molecule has 1 N–H and O–H groups in total. The fraction of sp³-hybridized carbons (Fsp3) is 0.355. The first kappa shape index (κ1) is 28.3. The minimum absolute atomic E-state index is 0.174. The number of hydrogen-bond acceptors (Lipinski definition) is 3. The van der Waals surface area contributed by atoms with Crippen molar-refractivity contribution < 1.29 is 14.3 Å². The number of hydrogen-bond donors (Lipinski definition) is 1. The highest BCUT2D eigenvalue weighted by molar-refractivity contribution is 6.30. The van der Waals surface area contributed by atoms with Crippen LogP contribution in [0.25, 0.3) is 0 Å². The quantitative estimate of drug-likeness (QED) is 0.334. The normalized spacial score (nSPS) is 11.8. The van der Waals surface area contributed by atoms with Crippen LogP contribution in [0.5, 0.6) is 5.75 Å². The van der Waals surface area contributed by atoms with Gasteiger partial charge < -0.3 is 15.0 Å². The lowest BCUT2D eigenvalue weighted by molar-refractivity contribution is -0.142. The van der Waals surface area contributed by atoms with Gasteiger partial charge in [-0.2, -0.15) is 0 Å². The lowest BCUT2D eigenvalue weighted by Crippen LogP contribution is -2.52. The second-order valence-corrected chi connectivity index (χ2v) is 10.4. The first-order valence-corrected chi connectivity index (χ1v) is 13.1. The van der Waals surface area contributed by atoms with Crippen LogP contribution in [0.2, 0.25) is 5.02 Å². The molecule has 0 saturated heterocycles. The van der Waals surface area contributed by atoms with Gasteiger partial charge in [-0.25, -0.2) is 0 Å². The molecule has 6 heteroatoms. The molecule has 0 aliphatic heterocycles. The molecule has 0 spiro atoms. The highest BCUT2D eigenvalue weighted by Crippen LogP contribution is 2.24. The van der Waals surface area contributed by atoms with E-state index in [4.69, 9.17) is 16.3 Å². The first-order valence-electron chi connectivity index (χ1n) is 12.7. The van der Waals surface area contributed by atoms with Crippen LogP contribution in [0.3, 0.4) is 0 Å². The Morgan fingerprint density at radius 3 is 2.32 bits per heavy atom. The van der Waals surface area contributed by atoms with Gasteiger partial charge in [-0.05, 0) is 72.7 Å². The standard InChI is InChI=1S/C31H37ClN2O3/c1-21(2)18-33-31(36)28(17-25-10-7-6-8-11-25)34(19-26-12-9-13-27(32)16-26)30(35)20-37-29-15-22(3)14-23(4)24(29)5/h6-16,21,28H,17-20H2,1-5H3,(H,33,36)/t28-/m0/s1. The van der Waals surface area contributed by atoms with Crippen LogP contribution in [0.15, 0.2) is 66.7 Å². The van der Waals surface area contributed by atoms with Crippen molar-refractivity contribution in [2.45, 2.75) is 53.6 Å². The predicted octanol–water partition coefficient (Wildman–Crippen LogP) is 6.06. The molecule has 3 aromatic carbocycles. The minimum atomic E-state index is -0.712. The zero-order valence-corrected chi connectivity index (χ0v) is 23.1. The molecule has 0 fully saturated rings. The largest absolute Gasteiger partial charge is 0.483 e. The van der Waals surface area contributed by atoms with Crippen molar-refractivity contribution in [1.82, 2.24) is 10.2 Å². The summed E-state index contributed by atoms with van der Waals surface area (Å²) in [4.78, 5) is 28.9. The van der Waals surface area contributed by atoms with Gasteiger partial charge in [0.05, 0.1) is 0 Å². The number of amides is 2. The third-order valence-corrected chi connectivity index (χ3v) is 6.55. The van der Waals surface area contributed by atoms with Gasteiger partial charge in [0.15, 0.2) is 6.61 Å². The SMILES string of the molecule is Cc1cc(C)c(C)c(OCC(=O)N(Cc2cccc(Cl)c2)[C@@H](Cc2ccccc2)C(=O)NCC(C)C)c1. The summed E-state index contributed by atoms with van der Waals surface area (Å²) in [7, 11) is 0. The molecule has 0 heterocycles. The van der Waals surface area contributed by atoms with Crippen LogP contribution in [-0.2, 0) is 22.6 Å². The fourth-order valence-corrected chi connectivity index (χ4v) is 4.39. The third kappa shape index (κ3) is 8.36. The Morgan fingerprint density at radius 2 is 1.65 bits per heavy atom. The van der Waals surface area contributed by atoms with Crippen molar-refractivity contribution in [3.8, 4) is 5.75 Å². The molecular weight excluding hydrogens is 484 g/mol.